The van der Waals surface area contributed by atoms with Gasteiger partial charge in [0.1, 0.15) is 0 Å². The van der Waals surface area contributed by atoms with E-state index in [-0.39, 0.29) is 43.1 Å². The number of anilines is 6. The van der Waals surface area contributed by atoms with Crippen molar-refractivity contribution in [3.05, 3.63) is 375 Å². The number of carbonyl (C=O) groups is 1. The van der Waals surface area contributed by atoms with Gasteiger partial charge in [0.2, 0.25) is 0 Å². The van der Waals surface area contributed by atoms with Crippen LogP contribution >= 0.6 is 28.3 Å². The molecule has 0 saturated heterocycles. The third-order valence-corrected chi connectivity index (χ3v) is 15.9. The van der Waals surface area contributed by atoms with Gasteiger partial charge < -0.3 is 14.4 Å². The maximum Gasteiger partial charge on any atom is 0.197 e. The van der Waals surface area contributed by atoms with E-state index in [4.69, 9.17) is 0 Å². The quantitative estimate of drug-likeness (QED) is 0.131. The molecule has 0 N–H and O–H groups in total. The van der Waals surface area contributed by atoms with E-state index in [9.17, 15) is 9.59 Å². The number of hydrogen-bond acceptors (Lipinski definition) is 4. The Bertz CT molecular complexity index is 4270. The molecule has 2 aliphatic heterocycles. The number of nitrogens with zero attached hydrogens (tertiary/aromatic N) is 3. The molecule has 8 heteroatoms. The number of rotatable bonds is 3. The third kappa shape index (κ3) is 11.3. The number of para-hydroxylation sites is 9. The van der Waals surface area contributed by atoms with Crippen molar-refractivity contribution in [2.24, 2.45) is 0 Å². The molecule has 3 heterocycles. The summed E-state index contributed by atoms with van der Waals surface area (Å²) in [6.07, 6.45) is 0.873. The van der Waals surface area contributed by atoms with Gasteiger partial charge in [-0.05, 0) is 115 Å². The largest absolute Gasteiger partial charge is 0.309 e. The Morgan fingerprint density at radius 3 is 0.929 bits per heavy atom. The molecule has 1 aliphatic carbocycles. The van der Waals surface area contributed by atoms with Crippen molar-refractivity contribution in [3.8, 4) is 5.69 Å². The van der Waals surface area contributed by atoms with E-state index in [1.807, 2.05) is 146 Å². The number of fused-ring (bicyclic) bond motifs is 8. The summed E-state index contributed by atoms with van der Waals surface area (Å²) in [6.45, 7) is 0. The first kappa shape index (κ1) is 57.3. The van der Waals surface area contributed by atoms with Gasteiger partial charge in [-0.25, -0.2) is 0 Å². The molecule has 0 radical (unpaired) electrons. The second kappa shape index (κ2) is 26.0. The van der Waals surface area contributed by atoms with Gasteiger partial charge in [-0.3, -0.25) is 9.59 Å². The van der Waals surface area contributed by atoms with E-state index in [0.717, 1.165) is 72.0 Å². The summed E-state index contributed by atoms with van der Waals surface area (Å²) in [5.41, 5.74) is 21.6. The van der Waals surface area contributed by atoms with Crippen LogP contribution in [-0.2, 0) is 25.9 Å². The molecule has 85 heavy (non-hydrogen) atoms. The molecule has 12 aromatic carbocycles. The average molecular weight is 1240 g/mol. The number of halogens is 2. The van der Waals surface area contributed by atoms with Crippen molar-refractivity contribution >= 4 is 101 Å². The molecule has 0 atom stereocenters. The van der Waals surface area contributed by atoms with Crippen LogP contribution in [-0.4, -0.2) is 10.4 Å². The Hall–Kier alpha value is -9.49. The maximum atomic E-state index is 12.7. The predicted molar refractivity (Wildman–Crippen MR) is 355 cm³/mol. The summed E-state index contributed by atoms with van der Waals surface area (Å²) in [7, 11) is 0. The van der Waals surface area contributed by atoms with Crippen molar-refractivity contribution in [1.82, 2.24) is 4.57 Å². The summed E-state index contributed by atoms with van der Waals surface area (Å²) in [6, 6.07) is 108. The molecule has 3 aliphatic rings. The van der Waals surface area contributed by atoms with Gasteiger partial charge in [0.05, 0.1) is 33.8 Å². The van der Waals surface area contributed by atoms with Crippen LogP contribution in [0.25, 0.3) is 38.6 Å². The van der Waals surface area contributed by atoms with Gasteiger partial charge in [0.15, 0.2) is 11.2 Å². The molecule has 1 aromatic heterocycles. The number of aromatic nitrogens is 1. The number of ketones is 1. The summed E-state index contributed by atoms with van der Waals surface area (Å²) in [5.74, 6) is 0.160. The predicted octanol–water partition coefficient (Wildman–Crippen LogP) is 20.1. The fourth-order valence-corrected chi connectivity index (χ4v) is 12.0. The van der Waals surface area contributed by atoms with Gasteiger partial charge >= 0.3 is 0 Å². The van der Waals surface area contributed by atoms with Crippen LogP contribution in [0.15, 0.2) is 325 Å². The van der Waals surface area contributed by atoms with Gasteiger partial charge in [-0.1, -0.05) is 234 Å². The molecule has 0 amide bonds. The SMILES string of the molecule is Brc1ccccc1.Cl.O=C1c2ccccc2Cc2ccccc21.O=c1c2ccccc2n(-c2ccccc2)c2ccccc12.[Zn].c1ccc(N2c3ccccc3C(=C3c4ccccc4N(c4ccccc4)c4ccccc43)c3ccccc32)cc1. The van der Waals surface area contributed by atoms with E-state index in [1.54, 1.807) is 0 Å². The Balaban J connectivity index is 0.000000139. The van der Waals surface area contributed by atoms with Crippen molar-refractivity contribution in [2.45, 2.75) is 6.42 Å². The van der Waals surface area contributed by atoms with Crippen LogP contribution in [0.4, 0.5) is 34.1 Å². The van der Waals surface area contributed by atoms with Crippen LogP contribution < -0.4 is 15.2 Å². The van der Waals surface area contributed by atoms with Crippen LogP contribution in [0.1, 0.15) is 49.3 Å². The molecule has 0 fully saturated rings. The maximum absolute atomic E-state index is 12.7. The van der Waals surface area contributed by atoms with Gasteiger partial charge in [-0.2, -0.15) is 0 Å². The second-order valence-electron chi connectivity index (χ2n) is 20.3. The van der Waals surface area contributed by atoms with Gasteiger partial charge in [0, 0.05) is 96.3 Å². The average Bonchev–Trinajstić information content (AvgIpc) is 1.60. The first-order chi connectivity index (χ1) is 41.0. The van der Waals surface area contributed by atoms with Crippen LogP contribution in [0.3, 0.4) is 0 Å². The molecule has 13 aromatic rings. The van der Waals surface area contributed by atoms with Crippen molar-refractivity contribution in [3.63, 3.8) is 0 Å². The van der Waals surface area contributed by atoms with Crippen molar-refractivity contribution < 1.29 is 24.3 Å². The molecule has 0 spiro atoms. The molecular weight excluding hydrogens is 1180 g/mol. The standard InChI is InChI=1S/C38H26N2.C19H13NO.C14H10O.C6H5Br.ClH.Zn/c1-3-15-27(16-4-1)39-33-23-11-7-19-29(33)37(30-20-8-12-24-34(30)39)38-31-21-9-13-25-35(31)40(28-17-5-2-6-18-28)36-26-14-10-22-32(36)38;21-19-15-10-4-6-12-17(15)20(14-8-2-1-3-9-14)18-13-7-5-11-16(18)19;15-14-12-7-3-1-5-10(12)9-11-6-2-4-8-13(11)14;7-6-4-2-1-3-5-6;;/h1-26H;1-13H;1-8H,9H2;1-5H;1H;. The van der Waals surface area contributed by atoms with Crippen LogP contribution in [0, 0.1) is 0 Å². The van der Waals surface area contributed by atoms with Crippen molar-refractivity contribution in [2.75, 3.05) is 9.80 Å². The van der Waals surface area contributed by atoms with Crippen molar-refractivity contribution in [1.29, 1.82) is 0 Å². The summed E-state index contributed by atoms with van der Waals surface area (Å²) in [5, 5.41) is 1.50. The summed E-state index contributed by atoms with van der Waals surface area (Å²) in [4.78, 5) is 29.6. The van der Waals surface area contributed by atoms with Crippen LogP contribution in [0.2, 0.25) is 0 Å². The van der Waals surface area contributed by atoms with E-state index in [1.165, 1.54) is 56.1 Å². The molecular formula is C77H55BrClN3O2Zn. The van der Waals surface area contributed by atoms with E-state index in [0.29, 0.717) is 0 Å². The van der Waals surface area contributed by atoms with Crippen LogP contribution in [0.5, 0.6) is 0 Å². The molecule has 5 nitrogen and oxygen atoms in total. The minimum absolute atomic E-state index is 0. The van der Waals surface area contributed by atoms with E-state index in [2.05, 4.69) is 200 Å². The van der Waals surface area contributed by atoms with E-state index < -0.39 is 0 Å². The topological polar surface area (TPSA) is 45.6 Å². The zero-order valence-electron chi connectivity index (χ0n) is 46.4. The normalized spacial score (nSPS) is 12.0. The number of pyridine rings is 1. The summed E-state index contributed by atoms with van der Waals surface area (Å²) >= 11 is 3.31. The van der Waals surface area contributed by atoms with E-state index >= 15 is 0 Å². The number of carbonyl (C=O) groups excluding carboxylic acids is 1. The molecule has 0 saturated carbocycles. The fourth-order valence-electron chi connectivity index (χ4n) is 11.7. The van der Waals surface area contributed by atoms with Gasteiger partial charge in [-0.15, -0.1) is 12.4 Å². The first-order valence-corrected chi connectivity index (χ1v) is 28.6. The monoisotopic (exact) mass is 1230 g/mol. The minimum atomic E-state index is 0. The zero-order valence-corrected chi connectivity index (χ0v) is 51.8. The fraction of sp³-hybridized carbons (Fsp3) is 0.0130. The molecule has 0 unspecified atom stereocenters. The number of benzene rings is 12. The van der Waals surface area contributed by atoms with Gasteiger partial charge in [0.25, 0.3) is 0 Å². The molecule has 406 valence electrons. The third-order valence-electron chi connectivity index (χ3n) is 15.4. The Morgan fingerprint density at radius 1 is 0.294 bits per heavy atom. The number of hydrogen-bond donors (Lipinski definition) is 0. The Morgan fingerprint density at radius 2 is 0.576 bits per heavy atom. The summed E-state index contributed by atoms with van der Waals surface area (Å²) < 4.78 is 3.28. The molecule has 0 bridgehead atoms. The smallest absolute Gasteiger partial charge is 0.197 e. The second-order valence-corrected chi connectivity index (χ2v) is 21.2. The Labute approximate surface area is 522 Å². The Kier molecular flexibility index (Phi) is 17.5. The first-order valence-electron chi connectivity index (χ1n) is 27.8. The molecule has 16 rings (SSSR count). The zero-order chi connectivity index (χ0) is 56.1. The minimum Gasteiger partial charge on any atom is -0.309 e.